The van der Waals surface area contributed by atoms with Crippen LogP contribution in [0.3, 0.4) is 0 Å². The maximum atomic E-state index is 10.5. The number of ether oxygens (including phenoxy) is 1. The van der Waals surface area contributed by atoms with Gasteiger partial charge in [0.2, 0.25) is 0 Å². The summed E-state index contributed by atoms with van der Waals surface area (Å²) in [6.45, 7) is 0. The van der Waals surface area contributed by atoms with Crippen molar-refractivity contribution in [1.82, 2.24) is 0 Å². The number of fused-ring (bicyclic) bond motifs is 3. The molecule has 2 aromatic rings. The lowest BCUT2D eigenvalue weighted by atomic mass is 10.0. The second-order valence-electron chi connectivity index (χ2n) is 9.34. The summed E-state index contributed by atoms with van der Waals surface area (Å²) in [6, 6.07) is 8.31. The first-order valence-electron chi connectivity index (χ1n) is 12.7. The smallest absolute Gasteiger partial charge is 0.172 e. The van der Waals surface area contributed by atoms with Crippen molar-refractivity contribution in [3.8, 4) is 28.7 Å². The lowest BCUT2D eigenvalue weighted by Gasteiger charge is -2.15. The molecule has 0 amide bonds. The van der Waals surface area contributed by atoms with Gasteiger partial charge in [0, 0.05) is 17.7 Å². The number of benzene rings is 2. The number of phenols is 3. The van der Waals surface area contributed by atoms with E-state index in [1.807, 2.05) is 6.07 Å². The van der Waals surface area contributed by atoms with Gasteiger partial charge in [0.15, 0.2) is 11.5 Å². The number of phenolic OH excluding ortho intramolecular Hbond substituents is 3. The molecule has 3 N–H and O–H groups in total. The average molecular weight is 441 g/mol. The second kappa shape index (κ2) is 13.2. The van der Waals surface area contributed by atoms with E-state index >= 15 is 0 Å². The van der Waals surface area contributed by atoms with Crippen LogP contribution in [0.1, 0.15) is 101 Å². The minimum atomic E-state index is -0.0700. The van der Waals surface area contributed by atoms with Gasteiger partial charge in [-0.05, 0) is 49.4 Å². The van der Waals surface area contributed by atoms with Crippen molar-refractivity contribution in [2.45, 2.75) is 103 Å². The van der Waals surface area contributed by atoms with Crippen LogP contribution < -0.4 is 4.74 Å². The van der Waals surface area contributed by atoms with Crippen LogP contribution >= 0.6 is 0 Å². The fourth-order valence-corrected chi connectivity index (χ4v) is 4.69. The summed E-state index contributed by atoms with van der Waals surface area (Å²) in [6.07, 6.45) is 19.3. The number of aromatic hydroxyl groups is 3. The van der Waals surface area contributed by atoms with Crippen LogP contribution in [-0.2, 0) is 12.8 Å². The lowest BCUT2D eigenvalue weighted by Crippen LogP contribution is -1.95. The zero-order chi connectivity index (χ0) is 22.6. The molecule has 32 heavy (non-hydrogen) atoms. The summed E-state index contributed by atoms with van der Waals surface area (Å²) < 4.78 is 6.06. The highest BCUT2D eigenvalue weighted by molar-refractivity contribution is 5.53. The van der Waals surface area contributed by atoms with E-state index in [2.05, 4.69) is 0 Å². The van der Waals surface area contributed by atoms with Gasteiger partial charge >= 0.3 is 0 Å². The number of hydrogen-bond acceptors (Lipinski definition) is 4. The normalized spacial score (nSPS) is 17.9. The molecule has 4 heteroatoms. The molecule has 2 aromatic carbocycles. The molecule has 0 fully saturated rings. The molecule has 0 radical (unpaired) electrons. The van der Waals surface area contributed by atoms with Crippen molar-refractivity contribution in [3.63, 3.8) is 0 Å². The third-order valence-electron chi connectivity index (χ3n) is 6.46. The van der Waals surface area contributed by atoms with Gasteiger partial charge in [-0.25, -0.2) is 0 Å². The Morgan fingerprint density at radius 3 is 1.59 bits per heavy atom. The Bertz CT molecular complexity index is 830. The molecule has 1 aliphatic heterocycles. The van der Waals surface area contributed by atoms with Gasteiger partial charge in [-0.2, -0.15) is 0 Å². The summed E-state index contributed by atoms with van der Waals surface area (Å²) in [7, 11) is 0. The van der Waals surface area contributed by atoms with Gasteiger partial charge in [0.1, 0.15) is 17.2 Å². The molecule has 3 rings (SSSR count). The predicted octanol–water partition coefficient (Wildman–Crippen LogP) is 8.16. The van der Waals surface area contributed by atoms with Crippen molar-refractivity contribution >= 4 is 0 Å². The van der Waals surface area contributed by atoms with Gasteiger partial charge in [0.05, 0.1) is 0 Å². The summed E-state index contributed by atoms with van der Waals surface area (Å²) >= 11 is 0. The highest BCUT2D eigenvalue weighted by Gasteiger charge is 2.14. The summed E-state index contributed by atoms with van der Waals surface area (Å²) in [5.74, 6) is 1.04. The van der Waals surface area contributed by atoms with Crippen LogP contribution in [0.15, 0.2) is 30.3 Å². The Morgan fingerprint density at radius 2 is 1.00 bits per heavy atom. The van der Waals surface area contributed by atoms with E-state index in [9.17, 15) is 15.3 Å². The van der Waals surface area contributed by atoms with Crippen molar-refractivity contribution in [3.05, 3.63) is 41.5 Å². The zero-order valence-corrected chi connectivity index (χ0v) is 19.5. The monoisotopic (exact) mass is 440 g/mol. The number of rotatable bonds is 0. The standard InChI is InChI=1S/C28H40O4/c29-24-17-22-15-13-11-9-7-5-3-1-2-4-6-8-10-12-14-16-23-19-25(30)21-27(31)28(23)32-26(18-22)20-24/h17-21,29-31H,1-16H2. The minimum Gasteiger partial charge on any atom is -0.508 e. The summed E-state index contributed by atoms with van der Waals surface area (Å²) in [5, 5.41) is 30.6. The van der Waals surface area contributed by atoms with Crippen molar-refractivity contribution in [2.75, 3.05) is 0 Å². The number of hydrogen-bond donors (Lipinski definition) is 3. The van der Waals surface area contributed by atoms with Gasteiger partial charge in [0.25, 0.3) is 0 Å². The van der Waals surface area contributed by atoms with Crippen LogP contribution in [0.2, 0.25) is 0 Å². The van der Waals surface area contributed by atoms with Crippen LogP contribution in [0.4, 0.5) is 0 Å². The first kappa shape index (κ1) is 24.3. The molecule has 1 aliphatic rings. The van der Waals surface area contributed by atoms with Crippen LogP contribution in [0.25, 0.3) is 0 Å². The SMILES string of the molecule is Oc1cc2cc(c1)Oc1c(O)cc(O)cc1CCCCCCCCCCCCCCCC2. The summed E-state index contributed by atoms with van der Waals surface area (Å²) in [4.78, 5) is 0. The molecule has 0 saturated heterocycles. The van der Waals surface area contributed by atoms with Crippen molar-refractivity contribution in [1.29, 1.82) is 0 Å². The van der Waals surface area contributed by atoms with E-state index in [1.165, 1.54) is 76.7 Å². The zero-order valence-electron chi connectivity index (χ0n) is 19.5. The lowest BCUT2D eigenvalue weighted by molar-refractivity contribution is 0.395. The Labute approximate surface area is 193 Å². The predicted molar refractivity (Wildman–Crippen MR) is 130 cm³/mol. The number of aryl methyl sites for hydroxylation is 2. The molecule has 0 spiro atoms. The Morgan fingerprint density at radius 1 is 0.500 bits per heavy atom. The van der Waals surface area contributed by atoms with E-state index in [4.69, 9.17) is 4.74 Å². The molecule has 0 saturated carbocycles. The fourth-order valence-electron chi connectivity index (χ4n) is 4.69. The Balaban J connectivity index is 1.72. The van der Waals surface area contributed by atoms with Gasteiger partial charge in [-0.1, -0.05) is 77.0 Å². The highest BCUT2D eigenvalue weighted by Crippen LogP contribution is 2.39. The molecule has 2 bridgehead atoms. The molecule has 1 heterocycles. The van der Waals surface area contributed by atoms with Crippen molar-refractivity contribution in [2.24, 2.45) is 0 Å². The fraction of sp³-hybridized carbons (Fsp3) is 0.571. The summed E-state index contributed by atoms with van der Waals surface area (Å²) in [5.41, 5.74) is 1.84. The maximum Gasteiger partial charge on any atom is 0.172 e. The van der Waals surface area contributed by atoms with E-state index in [1.54, 1.807) is 18.2 Å². The molecule has 0 atom stereocenters. The molecular weight excluding hydrogens is 400 g/mol. The van der Waals surface area contributed by atoms with Gasteiger partial charge in [-0.3, -0.25) is 0 Å². The minimum absolute atomic E-state index is 0.0443. The van der Waals surface area contributed by atoms with Crippen LogP contribution in [-0.4, -0.2) is 15.3 Å². The third kappa shape index (κ3) is 8.29. The van der Waals surface area contributed by atoms with Crippen LogP contribution in [0.5, 0.6) is 28.7 Å². The Kier molecular flexibility index (Phi) is 10.1. The van der Waals surface area contributed by atoms with Gasteiger partial charge < -0.3 is 20.1 Å². The van der Waals surface area contributed by atoms with Gasteiger partial charge in [-0.15, -0.1) is 0 Å². The molecule has 0 aliphatic carbocycles. The average Bonchev–Trinajstić information content (AvgIpc) is 2.74. The van der Waals surface area contributed by atoms with Crippen molar-refractivity contribution < 1.29 is 20.1 Å². The molecule has 176 valence electrons. The molecule has 0 aromatic heterocycles. The highest BCUT2D eigenvalue weighted by atomic mass is 16.5. The van der Waals surface area contributed by atoms with Crippen LogP contribution in [0, 0.1) is 0 Å². The first-order valence-corrected chi connectivity index (χ1v) is 12.7. The Hall–Kier alpha value is -2.36. The quantitative estimate of drug-likeness (QED) is 0.386. The molecule has 0 unspecified atom stereocenters. The van der Waals surface area contributed by atoms with E-state index in [0.29, 0.717) is 11.5 Å². The largest absolute Gasteiger partial charge is 0.508 e. The molecule has 4 nitrogen and oxygen atoms in total. The topological polar surface area (TPSA) is 69.9 Å². The first-order chi connectivity index (χ1) is 15.6. The maximum absolute atomic E-state index is 10.5. The molecular formula is C28H40O4. The van der Waals surface area contributed by atoms with E-state index < -0.39 is 0 Å². The second-order valence-corrected chi connectivity index (χ2v) is 9.34. The van der Waals surface area contributed by atoms with E-state index in [-0.39, 0.29) is 17.2 Å². The third-order valence-corrected chi connectivity index (χ3v) is 6.46. The van der Waals surface area contributed by atoms with E-state index in [0.717, 1.165) is 43.2 Å².